The lowest BCUT2D eigenvalue weighted by molar-refractivity contribution is 0.362. The minimum atomic E-state index is -0.505. The summed E-state index contributed by atoms with van der Waals surface area (Å²) in [4.78, 5) is 0. The second kappa shape index (κ2) is 5.10. The van der Waals surface area contributed by atoms with E-state index in [1.165, 1.54) is 13.2 Å². The molecule has 1 aliphatic heterocycles. The van der Waals surface area contributed by atoms with Gasteiger partial charge in [-0.15, -0.1) is 0 Å². The van der Waals surface area contributed by atoms with Crippen LogP contribution in [0.1, 0.15) is 18.4 Å². The van der Waals surface area contributed by atoms with Gasteiger partial charge in [0.05, 0.1) is 12.1 Å². The average Bonchev–Trinajstić information content (AvgIpc) is 2.78. The van der Waals surface area contributed by atoms with Crippen molar-refractivity contribution in [3.63, 3.8) is 0 Å². The predicted molar refractivity (Wildman–Crippen MR) is 64.4 cm³/mol. The molecular weight excluding hydrogens is 245 g/mol. The van der Waals surface area contributed by atoms with Crippen LogP contribution in [0, 0.1) is 5.82 Å². The van der Waals surface area contributed by atoms with Crippen LogP contribution in [0.5, 0.6) is 11.5 Å². The van der Waals surface area contributed by atoms with Gasteiger partial charge in [-0.05, 0) is 25.8 Å². The smallest absolute Gasteiger partial charge is 0.166 e. The van der Waals surface area contributed by atoms with E-state index in [1.54, 1.807) is 0 Å². The lowest BCUT2D eigenvalue weighted by Crippen LogP contribution is -2.24. The van der Waals surface area contributed by atoms with Gasteiger partial charge in [-0.1, -0.05) is 11.6 Å². The second-order valence-corrected chi connectivity index (χ2v) is 4.61. The summed E-state index contributed by atoms with van der Waals surface area (Å²) in [5.41, 5.74) is 0.344. The van der Waals surface area contributed by atoms with Crippen LogP contribution in [0.15, 0.2) is 6.07 Å². The third kappa shape index (κ3) is 2.48. The van der Waals surface area contributed by atoms with Crippen molar-refractivity contribution in [3.8, 4) is 11.5 Å². The molecule has 0 radical (unpaired) electrons. The molecule has 5 heteroatoms. The van der Waals surface area contributed by atoms with Gasteiger partial charge in [0.2, 0.25) is 0 Å². The Hall–Kier alpha value is -1.00. The van der Waals surface area contributed by atoms with E-state index in [0.29, 0.717) is 12.0 Å². The highest BCUT2D eigenvalue weighted by Crippen LogP contribution is 2.37. The van der Waals surface area contributed by atoms with E-state index in [4.69, 9.17) is 16.3 Å². The van der Waals surface area contributed by atoms with Crippen molar-refractivity contribution < 1.29 is 14.2 Å². The van der Waals surface area contributed by atoms with Crippen LogP contribution in [0.25, 0.3) is 0 Å². The Morgan fingerprint density at radius 2 is 2.41 bits per heavy atom. The summed E-state index contributed by atoms with van der Waals surface area (Å²) >= 11 is 5.72. The van der Waals surface area contributed by atoms with Crippen molar-refractivity contribution in [2.24, 2.45) is 0 Å². The molecule has 1 heterocycles. The number of hydrogen-bond donors (Lipinski definition) is 2. The number of phenolic OH excluding ortho intramolecular Hbond substituents is 1. The molecule has 1 atom stereocenters. The number of hydrogen-bond acceptors (Lipinski definition) is 3. The molecule has 0 spiro atoms. The minimum absolute atomic E-state index is 0.0729. The van der Waals surface area contributed by atoms with E-state index >= 15 is 0 Å². The van der Waals surface area contributed by atoms with Crippen molar-refractivity contribution >= 4 is 11.6 Å². The van der Waals surface area contributed by atoms with Gasteiger partial charge in [0.1, 0.15) is 5.82 Å². The van der Waals surface area contributed by atoms with Crippen molar-refractivity contribution in [3.05, 3.63) is 22.5 Å². The van der Waals surface area contributed by atoms with Crippen LogP contribution in [-0.2, 0) is 6.42 Å². The third-order valence-corrected chi connectivity index (χ3v) is 3.34. The summed E-state index contributed by atoms with van der Waals surface area (Å²) < 4.78 is 19.0. The maximum Gasteiger partial charge on any atom is 0.166 e. The van der Waals surface area contributed by atoms with Gasteiger partial charge < -0.3 is 15.2 Å². The molecule has 0 bridgehead atoms. The fraction of sp³-hybridized carbons (Fsp3) is 0.500. The first-order chi connectivity index (χ1) is 8.13. The Morgan fingerprint density at radius 1 is 1.65 bits per heavy atom. The number of rotatable bonds is 3. The van der Waals surface area contributed by atoms with Gasteiger partial charge in [0.25, 0.3) is 0 Å². The van der Waals surface area contributed by atoms with E-state index in [2.05, 4.69) is 5.32 Å². The monoisotopic (exact) mass is 259 g/mol. The minimum Gasteiger partial charge on any atom is -0.504 e. The normalized spacial score (nSPS) is 19.6. The van der Waals surface area contributed by atoms with Crippen molar-refractivity contribution in [2.45, 2.75) is 25.3 Å². The lowest BCUT2D eigenvalue weighted by atomic mass is 10.0. The van der Waals surface area contributed by atoms with Gasteiger partial charge in [-0.25, -0.2) is 4.39 Å². The number of methoxy groups -OCH3 is 1. The molecule has 1 fully saturated rings. The number of nitrogens with one attached hydrogen (secondary N) is 1. The fourth-order valence-electron chi connectivity index (χ4n) is 2.23. The van der Waals surface area contributed by atoms with Crippen molar-refractivity contribution in [2.75, 3.05) is 13.7 Å². The molecule has 1 aromatic carbocycles. The maximum absolute atomic E-state index is 13.9. The Kier molecular flexibility index (Phi) is 3.74. The predicted octanol–water partition coefficient (Wildman–Crippen LogP) is 2.49. The number of aromatic hydroxyl groups is 1. The zero-order chi connectivity index (χ0) is 12.4. The topological polar surface area (TPSA) is 41.5 Å². The molecule has 1 unspecified atom stereocenters. The largest absolute Gasteiger partial charge is 0.504 e. The van der Waals surface area contributed by atoms with Gasteiger partial charge in [-0.2, -0.15) is 0 Å². The SMILES string of the molecule is COc1c(O)cc(Cl)c(F)c1CC1CCCN1. The molecule has 0 aromatic heterocycles. The summed E-state index contributed by atoms with van der Waals surface area (Å²) in [6.45, 7) is 0.946. The number of phenols is 1. The molecule has 2 rings (SSSR count). The standard InChI is InChI=1S/C12H15ClFNO2/c1-17-12-8(5-7-3-2-4-15-7)11(14)9(13)6-10(12)16/h6-7,15-16H,2-5H2,1H3. The van der Waals surface area contributed by atoms with E-state index in [1.807, 2.05) is 0 Å². The van der Waals surface area contributed by atoms with Gasteiger partial charge in [0.15, 0.2) is 11.5 Å². The lowest BCUT2D eigenvalue weighted by Gasteiger charge is -2.16. The molecule has 1 aromatic rings. The summed E-state index contributed by atoms with van der Waals surface area (Å²) in [6, 6.07) is 1.39. The van der Waals surface area contributed by atoms with Crippen molar-refractivity contribution in [1.82, 2.24) is 5.32 Å². The summed E-state index contributed by atoms with van der Waals surface area (Å²) in [6.07, 6.45) is 2.56. The highest BCUT2D eigenvalue weighted by molar-refractivity contribution is 6.31. The molecule has 1 saturated heterocycles. The van der Waals surface area contributed by atoms with Gasteiger partial charge >= 0.3 is 0 Å². The third-order valence-electron chi connectivity index (χ3n) is 3.06. The molecular formula is C12H15ClFNO2. The van der Waals surface area contributed by atoms with Gasteiger partial charge in [-0.3, -0.25) is 0 Å². The Morgan fingerprint density at radius 3 is 3.00 bits per heavy atom. The molecule has 0 aliphatic carbocycles. The Bertz CT molecular complexity index is 419. The average molecular weight is 260 g/mol. The van der Waals surface area contributed by atoms with Crippen LogP contribution in [0.4, 0.5) is 4.39 Å². The second-order valence-electron chi connectivity index (χ2n) is 4.20. The van der Waals surface area contributed by atoms with Gasteiger partial charge in [0, 0.05) is 17.7 Å². The zero-order valence-electron chi connectivity index (χ0n) is 9.59. The fourth-order valence-corrected chi connectivity index (χ4v) is 2.45. The maximum atomic E-state index is 13.9. The summed E-state index contributed by atoms with van der Waals surface area (Å²) in [5.74, 6) is -0.442. The molecule has 0 saturated carbocycles. The Labute approximate surface area is 105 Å². The summed E-state index contributed by atoms with van der Waals surface area (Å²) in [7, 11) is 1.41. The number of halogens is 2. The summed E-state index contributed by atoms with van der Waals surface area (Å²) in [5, 5.41) is 12.9. The molecule has 17 heavy (non-hydrogen) atoms. The quantitative estimate of drug-likeness (QED) is 0.876. The highest BCUT2D eigenvalue weighted by atomic mass is 35.5. The Balaban J connectivity index is 2.35. The van der Waals surface area contributed by atoms with E-state index in [0.717, 1.165) is 19.4 Å². The highest BCUT2D eigenvalue weighted by Gasteiger charge is 2.23. The van der Waals surface area contributed by atoms with Crippen LogP contribution in [-0.4, -0.2) is 24.8 Å². The van der Waals surface area contributed by atoms with Crippen LogP contribution < -0.4 is 10.1 Å². The molecule has 1 aliphatic rings. The van der Waals surface area contributed by atoms with E-state index in [9.17, 15) is 9.50 Å². The molecule has 3 nitrogen and oxygen atoms in total. The van der Waals surface area contributed by atoms with Crippen molar-refractivity contribution in [1.29, 1.82) is 0 Å². The molecule has 0 amide bonds. The van der Waals surface area contributed by atoms with E-state index in [-0.39, 0.29) is 22.6 Å². The number of ether oxygens (including phenoxy) is 1. The molecule has 94 valence electrons. The zero-order valence-corrected chi connectivity index (χ0v) is 10.4. The first-order valence-corrected chi connectivity index (χ1v) is 5.98. The van der Waals surface area contributed by atoms with Crippen LogP contribution >= 0.6 is 11.6 Å². The first kappa shape index (κ1) is 12.5. The first-order valence-electron chi connectivity index (χ1n) is 5.60. The molecule has 2 N–H and O–H groups in total. The number of benzene rings is 1. The van der Waals surface area contributed by atoms with Crippen LogP contribution in [0.2, 0.25) is 5.02 Å². The van der Waals surface area contributed by atoms with Crippen LogP contribution in [0.3, 0.4) is 0 Å². The van der Waals surface area contributed by atoms with E-state index < -0.39 is 5.82 Å².